The lowest BCUT2D eigenvalue weighted by Crippen LogP contribution is -2.41. The van der Waals surface area contributed by atoms with Crippen LogP contribution in [0.5, 0.6) is 17.2 Å². The number of ether oxygens (including phenoxy) is 3. The van der Waals surface area contributed by atoms with Crippen molar-refractivity contribution < 1.29 is 23.8 Å². The molecular formula is C22H27ClN2O5. The second-order valence-corrected chi connectivity index (χ2v) is 7.12. The van der Waals surface area contributed by atoms with Gasteiger partial charge in [-0.2, -0.15) is 0 Å². The van der Waals surface area contributed by atoms with Crippen LogP contribution < -0.4 is 25.1 Å². The lowest BCUT2D eigenvalue weighted by Gasteiger charge is -2.10. The van der Waals surface area contributed by atoms with Gasteiger partial charge in [-0.05, 0) is 61.2 Å². The van der Waals surface area contributed by atoms with Gasteiger partial charge in [-0.25, -0.2) is 0 Å². The number of hydrazine groups is 1. The van der Waals surface area contributed by atoms with Gasteiger partial charge in [0.15, 0.2) is 0 Å². The van der Waals surface area contributed by atoms with Crippen LogP contribution in [-0.2, 0) is 16.0 Å². The van der Waals surface area contributed by atoms with Gasteiger partial charge in [0.25, 0.3) is 0 Å². The molecule has 0 aliphatic carbocycles. The Labute approximate surface area is 181 Å². The van der Waals surface area contributed by atoms with Crippen LogP contribution in [0.4, 0.5) is 0 Å². The van der Waals surface area contributed by atoms with E-state index in [0.717, 1.165) is 16.9 Å². The second kappa shape index (κ2) is 11.9. The van der Waals surface area contributed by atoms with Crippen LogP contribution in [0, 0.1) is 6.92 Å². The minimum Gasteiger partial charge on any atom is -0.497 e. The molecule has 0 atom stereocenters. The summed E-state index contributed by atoms with van der Waals surface area (Å²) in [4.78, 5) is 23.9. The van der Waals surface area contributed by atoms with Crippen molar-refractivity contribution in [3.8, 4) is 17.2 Å². The number of benzene rings is 2. The number of hydrogen-bond donors (Lipinski definition) is 2. The highest BCUT2D eigenvalue weighted by atomic mass is 35.5. The molecule has 0 radical (unpaired) electrons. The highest BCUT2D eigenvalue weighted by Crippen LogP contribution is 2.23. The molecule has 8 heteroatoms. The van der Waals surface area contributed by atoms with E-state index >= 15 is 0 Å². The SMILES string of the molecule is COc1cc(CCC(=O)NNC(=O)CCCOc2ccc(Cl)cc2C)cc(OC)c1. The van der Waals surface area contributed by atoms with Crippen molar-refractivity contribution in [3.63, 3.8) is 0 Å². The van der Waals surface area contributed by atoms with Crippen LogP contribution in [0.15, 0.2) is 36.4 Å². The summed E-state index contributed by atoms with van der Waals surface area (Å²) in [6.45, 7) is 2.30. The molecule has 0 aliphatic rings. The minimum atomic E-state index is -0.279. The van der Waals surface area contributed by atoms with Crippen molar-refractivity contribution in [2.24, 2.45) is 0 Å². The largest absolute Gasteiger partial charge is 0.497 e. The monoisotopic (exact) mass is 434 g/mol. The molecule has 0 heterocycles. The molecule has 30 heavy (non-hydrogen) atoms. The quantitative estimate of drug-likeness (QED) is 0.440. The van der Waals surface area contributed by atoms with Crippen molar-refractivity contribution in [1.29, 1.82) is 0 Å². The summed E-state index contributed by atoms with van der Waals surface area (Å²) in [7, 11) is 3.14. The highest BCUT2D eigenvalue weighted by molar-refractivity contribution is 6.30. The fraction of sp³-hybridized carbons (Fsp3) is 0.364. The van der Waals surface area contributed by atoms with Crippen molar-refractivity contribution >= 4 is 23.4 Å². The third-order valence-electron chi connectivity index (χ3n) is 4.34. The predicted molar refractivity (Wildman–Crippen MR) is 115 cm³/mol. The zero-order valence-electron chi connectivity index (χ0n) is 17.4. The summed E-state index contributed by atoms with van der Waals surface area (Å²) < 4.78 is 16.1. The van der Waals surface area contributed by atoms with Crippen LogP contribution >= 0.6 is 11.6 Å². The third kappa shape index (κ3) is 7.83. The van der Waals surface area contributed by atoms with Gasteiger partial charge in [-0.15, -0.1) is 0 Å². The number of amides is 2. The van der Waals surface area contributed by atoms with E-state index in [-0.39, 0.29) is 24.7 Å². The topological polar surface area (TPSA) is 85.9 Å². The molecule has 0 spiro atoms. The molecule has 2 rings (SSSR count). The number of hydrogen-bond acceptors (Lipinski definition) is 5. The maximum Gasteiger partial charge on any atom is 0.238 e. The number of aryl methyl sites for hydroxylation is 2. The number of carbonyl (C=O) groups is 2. The summed E-state index contributed by atoms with van der Waals surface area (Å²) >= 11 is 5.91. The molecule has 0 aliphatic heterocycles. The Kier molecular flexibility index (Phi) is 9.28. The first-order valence-electron chi connectivity index (χ1n) is 9.60. The van der Waals surface area contributed by atoms with Crippen molar-refractivity contribution in [1.82, 2.24) is 10.9 Å². The maximum absolute atomic E-state index is 12.0. The van der Waals surface area contributed by atoms with Gasteiger partial charge in [0.05, 0.1) is 20.8 Å². The number of methoxy groups -OCH3 is 2. The molecule has 162 valence electrons. The summed E-state index contributed by atoms with van der Waals surface area (Å²) in [5.41, 5.74) is 6.69. The first-order chi connectivity index (χ1) is 14.4. The van der Waals surface area contributed by atoms with Gasteiger partial charge in [-0.1, -0.05) is 11.6 Å². The fourth-order valence-corrected chi connectivity index (χ4v) is 2.95. The molecule has 7 nitrogen and oxygen atoms in total. The van der Waals surface area contributed by atoms with Crippen LogP contribution in [-0.4, -0.2) is 32.6 Å². The van der Waals surface area contributed by atoms with E-state index in [1.54, 1.807) is 32.4 Å². The molecule has 0 bridgehead atoms. The first kappa shape index (κ1) is 23.3. The van der Waals surface area contributed by atoms with Gasteiger partial charge in [-0.3, -0.25) is 20.4 Å². The molecule has 0 saturated carbocycles. The van der Waals surface area contributed by atoms with Crippen LogP contribution in [0.25, 0.3) is 0 Å². The number of rotatable bonds is 10. The molecule has 0 fully saturated rings. The van der Waals surface area contributed by atoms with Gasteiger partial charge < -0.3 is 14.2 Å². The van der Waals surface area contributed by atoms with Crippen molar-refractivity contribution in [3.05, 3.63) is 52.5 Å². The van der Waals surface area contributed by atoms with E-state index in [4.69, 9.17) is 25.8 Å². The van der Waals surface area contributed by atoms with Crippen molar-refractivity contribution in [2.75, 3.05) is 20.8 Å². The Hall–Kier alpha value is -2.93. The first-order valence-corrected chi connectivity index (χ1v) is 9.97. The number of carbonyl (C=O) groups excluding carboxylic acids is 2. The Bertz CT molecular complexity index is 850. The third-order valence-corrected chi connectivity index (χ3v) is 4.57. The van der Waals surface area contributed by atoms with Gasteiger partial charge in [0, 0.05) is 23.9 Å². The summed E-state index contributed by atoms with van der Waals surface area (Å²) in [6.07, 6.45) is 1.46. The lowest BCUT2D eigenvalue weighted by atomic mass is 10.1. The standard InChI is InChI=1S/C22H27ClN2O5/c1-15-11-17(23)7-8-20(15)30-10-4-5-21(26)24-25-22(27)9-6-16-12-18(28-2)14-19(13-16)29-3/h7-8,11-14H,4-6,9-10H2,1-3H3,(H,24,26)(H,25,27). The Morgan fingerprint density at radius 2 is 1.57 bits per heavy atom. The zero-order chi connectivity index (χ0) is 21.9. The number of nitrogens with one attached hydrogen (secondary N) is 2. The van der Waals surface area contributed by atoms with Crippen LogP contribution in [0.2, 0.25) is 5.02 Å². The number of halogens is 1. The normalized spacial score (nSPS) is 10.3. The van der Waals surface area contributed by atoms with Gasteiger partial charge in [0.1, 0.15) is 17.2 Å². The predicted octanol–water partition coefficient (Wildman–Crippen LogP) is 3.60. The Morgan fingerprint density at radius 1 is 0.933 bits per heavy atom. The smallest absolute Gasteiger partial charge is 0.238 e. The lowest BCUT2D eigenvalue weighted by molar-refractivity contribution is -0.129. The molecule has 0 aromatic heterocycles. The second-order valence-electron chi connectivity index (χ2n) is 6.68. The highest BCUT2D eigenvalue weighted by Gasteiger charge is 2.08. The molecular weight excluding hydrogens is 408 g/mol. The van der Waals surface area contributed by atoms with Gasteiger partial charge in [0.2, 0.25) is 11.8 Å². The van der Waals surface area contributed by atoms with E-state index in [1.165, 1.54) is 0 Å². The van der Waals surface area contributed by atoms with E-state index in [0.29, 0.717) is 36.0 Å². The van der Waals surface area contributed by atoms with E-state index < -0.39 is 0 Å². The molecule has 2 amide bonds. The Morgan fingerprint density at radius 3 is 2.17 bits per heavy atom. The average molecular weight is 435 g/mol. The van der Waals surface area contributed by atoms with Crippen LogP contribution in [0.1, 0.15) is 30.4 Å². The molecule has 0 saturated heterocycles. The zero-order valence-corrected chi connectivity index (χ0v) is 18.2. The summed E-state index contributed by atoms with van der Waals surface area (Å²) in [5, 5.41) is 0.653. The minimum absolute atomic E-state index is 0.218. The molecule has 2 aromatic carbocycles. The summed E-state index contributed by atoms with van der Waals surface area (Å²) in [5.74, 6) is 1.51. The summed E-state index contributed by atoms with van der Waals surface area (Å²) in [6, 6.07) is 10.8. The van der Waals surface area contributed by atoms with Crippen LogP contribution in [0.3, 0.4) is 0 Å². The molecule has 2 aromatic rings. The van der Waals surface area contributed by atoms with E-state index in [9.17, 15) is 9.59 Å². The molecule has 0 unspecified atom stereocenters. The van der Waals surface area contributed by atoms with E-state index in [2.05, 4.69) is 10.9 Å². The Balaban J connectivity index is 1.65. The maximum atomic E-state index is 12.0. The van der Waals surface area contributed by atoms with Gasteiger partial charge >= 0.3 is 0 Å². The van der Waals surface area contributed by atoms with E-state index in [1.807, 2.05) is 25.1 Å². The average Bonchev–Trinajstić information content (AvgIpc) is 2.74. The fourth-order valence-electron chi connectivity index (χ4n) is 2.72. The van der Waals surface area contributed by atoms with Crippen molar-refractivity contribution in [2.45, 2.75) is 32.6 Å². The molecule has 2 N–H and O–H groups in total.